The van der Waals surface area contributed by atoms with Gasteiger partial charge in [0.2, 0.25) is 0 Å². The number of benzene rings is 1. The number of hydrogen-bond donors (Lipinski definition) is 2. The minimum Gasteiger partial charge on any atom is -0.388 e. The van der Waals surface area contributed by atoms with E-state index in [1.54, 1.807) is 0 Å². The summed E-state index contributed by atoms with van der Waals surface area (Å²) in [5.41, 5.74) is 3.42. The molecule has 1 aliphatic carbocycles. The van der Waals surface area contributed by atoms with Gasteiger partial charge in [-0.1, -0.05) is 15.9 Å². The van der Waals surface area contributed by atoms with Gasteiger partial charge in [-0.2, -0.15) is 0 Å². The zero-order valence-electron chi connectivity index (χ0n) is 7.55. The first-order valence-corrected chi connectivity index (χ1v) is 5.53. The van der Waals surface area contributed by atoms with Gasteiger partial charge in [0.1, 0.15) is 0 Å². The van der Waals surface area contributed by atoms with Crippen molar-refractivity contribution in [2.45, 2.75) is 18.9 Å². The fraction of sp³-hybridized carbons (Fsp3) is 0.273. The predicted octanol–water partition coefficient (Wildman–Crippen LogP) is 2.91. The van der Waals surface area contributed by atoms with Gasteiger partial charge in [-0.25, -0.2) is 0 Å². The molecule has 0 fully saturated rings. The van der Waals surface area contributed by atoms with E-state index in [2.05, 4.69) is 27.0 Å². The van der Waals surface area contributed by atoms with Gasteiger partial charge in [0, 0.05) is 26.6 Å². The van der Waals surface area contributed by atoms with Crippen LogP contribution in [-0.2, 0) is 6.42 Å². The SMILES string of the molecule is OC1CCc2[nH]c3ccc(Br)cc3c21. The molecule has 72 valence electrons. The first-order valence-electron chi connectivity index (χ1n) is 4.74. The quantitative estimate of drug-likeness (QED) is 0.743. The van der Waals surface area contributed by atoms with Crippen LogP contribution in [0.1, 0.15) is 23.8 Å². The second kappa shape index (κ2) is 2.84. The summed E-state index contributed by atoms with van der Waals surface area (Å²) in [6, 6.07) is 6.13. The largest absolute Gasteiger partial charge is 0.388 e. The summed E-state index contributed by atoms with van der Waals surface area (Å²) in [5.74, 6) is 0. The Labute approximate surface area is 90.1 Å². The van der Waals surface area contributed by atoms with Gasteiger partial charge >= 0.3 is 0 Å². The average molecular weight is 252 g/mol. The molecule has 3 heteroatoms. The van der Waals surface area contributed by atoms with Crippen molar-refractivity contribution < 1.29 is 5.11 Å². The molecule has 2 N–H and O–H groups in total. The van der Waals surface area contributed by atoms with Gasteiger partial charge in [-0.05, 0) is 31.0 Å². The fourth-order valence-electron chi connectivity index (χ4n) is 2.24. The van der Waals surface area contributed by atoms with Gasteiger partial charge in [0.15, 0.2) is 0 Å². The highest BCUT2D eigenvalue weighted by Gasteiger charge is 2.24. The molecule has 1 aromatic heterocycles. The van der Waals surface area contributed by atoms with E-state index in [0.29, 0.717) is 0 Å². The van der Waals surface area contributed by atoms with Crippen molar-refractivity contribution in [2.24, 2.45) is 0 Å². The first kappa shape index (κ1) is 8.50. The summed E-state index contributed by atoms with van der Waals surface area (Å²) < 4.78 is 1.06. The van der Waals surface area contributed by atoms with Gasteiger partial charge in [0.05, 0.1) is 6.10 Å². The van der Waals surface area contributed by atoms with Crippen LogP contribution < -0.4 is 0 Å². The molecule has 1 heterocycles. The number of aliphatic hydroxyl groups excluding tert-OH is 1. The standard InChI is InChI=1S/C11H10BrNO/c12-6-1-2-8-7(5-6)11-9(13-8)3-4-10(11)14/h1-2,5,10,13-14H,3-4H2. The van der Waals surface area contributed by atoms with Gasteiger partial charge in [-0.15, -0.1) is 0 Å². The van der Waals surface area contributed by atoms with E-state index in [1.165, 1.54) is 5.69 Å². The van der Waals surface area contributed by atoms with Crippen LogP contribution >= 0.6 is 15.9 Å². The minimum atomic E-state index is -0.284. The van der Waals surface area contributed by atoms with Crippen molar-refractivity contribution in [3.63, 3.8) is 0 Å². The third-order valence-electron chi connectivity index (χ3n) is 2.88. The zero-order valence-corrected chi connectivity index (χ0v) is 9.13. The lowest BCUT2D eigenvalue weighted by Crippen LogP contribution is -1.88. The van der Waals surface area contributed by atoms with Crippen molar-refractivity contribution >= 4 is 26.8 Å². The molecule has 0 amide bonds. The molecule has 2 nitrogen and oxygen atoms in total. The number of aryl methyl sites for hydroxylation is 1. The van der Waals surface area contributed by atoms with E-state index in [1.807, 2.05) is 12.1 Å². The lowest BCUT2D eigenvalue weighted by Gasteiger charge is -2.01. The van der Waals surface area contributed by atoms with Crippen LogP contribution in [0.5, 0.6) is 0 Å². The molecule has 0 aliphatic heterocycles. The topological polar surface area (TPSA) is 36.0 Å². The zero-order chi connectivity index (χ0) is 9.71. The molecule has 0 spiro atoms. The Bertz CT molecular complexity index is 503. The van der Waals surface area contributed by atoms with Crippen molar-refractivity contribution in [1.29, 1.82) is 0 Å². The third-order valence-corrected chi connectivity index (χ3v) is 3.38. The summed E-state index contributed by atoms with van der Waals surface area (Å²) in [5, 5.41) is 11.0. The molecule has 0 saturated heterocycles. The summed E-state index contributed by atoms with van der Waals surface area (Å²) in [6.07, 6.45) is 1.53. The molecular weight excluding hydrogens is 242 g/mol. The average Bonchev–Trinajstić information content (AvgIpc) is 2.67. The smallest absolute Gasteiger partial charge is 0.0817 e. The summed E-state index contributed by atoms with van der Waals surface area (Å²) in [4.78, 5) is 3.35. The lowest BCUT2D eigenvalue weighted by atomic mass is 10.1. The molecule has 1 atom stereocenters. The van der Waals surface area contributed by atoms with E-state index in [9.17, 15) is 5.11 Å². The molecule has 14 heavy (non-hydrogen) atoms. The van der Waals surface area contributed by atoms with Gasteiger partial charge in [-0.3, -0.25) is 0 Å². The number of halogens is 1. The van der Waals surface area contributed by atoms with Crippen LogP contribution in [0.25, 0.3) is 10.9 Å². The normalized spacial score (nSPS) is 20.3. The maximum atomic E-state index is 9.82. The van der Waals surface area contributed by atoms with Crippen molar-refractivity contribution in [3.8, 4) is 0 Å². The number of rotatable bonds is 0. The molecule has 1 aliphatic rings. The molecular formula is C11H10BrNO. The fourth-order valence-corrected chi connectivity index (χ4v) is 2.61. The van der Waals surface area contributed by atoms with E-state index >= 15 is 0 Å². The monoisotopic (exact) mass is 251 g/mol. The van der Waals surface area contributed by atoms with E-state index in [4.69, 9.17) is 0 Å². The predicted molar refractivity (Wildman–Crippen MR) is 59.3 cm³/mol. The maximum Gasteiger partial charge on any atom is 0.0817 e. The second-order valence-corrected chi connectivity index (χ2v) is 4.68. The highest BCUT2D eigenvalue weighted by atomic mass is 79.9. The Morgan fingerprint density at radius 3 is 3.14 bits per heavy atom. The number of aromatic amines is 1. The Morgan fingerprint density at radius 1 is 1.43 bits per heavy atom. The second-order valence-electron chi connectivity index (χ2n) is 3.76. The Kier molecular flexibility index (Phi) is 1.73. The highest BCUT2D eigenvalue weighted by molar-refractivity contribution is 9.10. The molecule has 0 saturated carbocycles. The summed E-state index contributed by atoms with van der Waals surface area (Å²) in [6.45, 7) is 0. The van der Waals surface area contributed by atoms with Crippen LogP contribution in [0.4, 0.5) is 0 Å². The lowest BCUT2D eigenvalue weighted by molar-refractivity contribution is 0.181. The van der Waals surface area contributed by atoms with Crippen LogP contribution in [0, 0.1) is 0 Å². The molecule has 3 rings (SSSR count). The molecule has 1 aromatic carbocycles. The third kappa shape index (κ3) is 1.06. The number of hydrogen-bond acceptors (Lipinski definition) is 1. The van der Waals surface area contributed by atoms with Crippen LogP contribution in [0.3, 0.4) is 0 Å². The first-order chi connectivity index (χ1) is 6.75. The van der Waals surface area contributed by atoms with E-state index < -0.39 is 0 Å². The van der Waals surface area contributed by atoms with E-state index in [0.717, 1.165) is 33.8 Å². The Balaban J connectivity index is 2.38. The minimum absolute atomic E-state index is 0.284. The van der Waals surface area contributed by atoms with Crippen LogP contribution in [0.2, 0.25) is 0 Å². The van der Waals surface area contributed by atoms with Gasteiger partial charge in [0.25, 0.3) is 0 Å². The maximum absolute atomic E-state index is 9.82. The summed E-state index contributed by atoms with van der Waals surface area (Å²) >= 11 is 3.45. The summed E-state index contributed by atoms with van der Waals surface area (Å²) in [7, 11) is 0. The van der Waals surface area contributed by atoms with Crippen molar-refractivity contribution in [1.82, 2.24) is 4.98 Å². The molecule has 0 bridgehead atoms. The number of fused-ring (bicyclic) bond motifs is 3. The molecule has 2 aromatic rings. The molecule has 1 unspecified atom stereocenters. The molecule has 0 radical (unpaired) electrons. The van der Waals surface area contributed by atoms with Crippen molar-refractivity contribution in [3.05, 3.63) is 33.9 Å². The number of aliphatic hydroxyl groups is 1. The van der Waals surface area contributed by atoms with Crippen molar-refractivity contribution in [2.75, 3.05) is 0 Å². The van der Waals surface area contributed by atoms with E-state index in [-0.39, 0.29) is 6.10 Å². The van der Waals surface area contributed by atoms with Gasteiger partial charge < -0.3 is 10.1 Å². The number of aromatic nitrogens is 1. The van der Waals surface area contributed by atoms with Crippen LogP contribution in [-0.4, -0.2) is 10.1 Å². The Hall–Kier alpha value is -0.800. The number of H-pyrrole nitrogens is 1. The van der Waals surface area contributed by atoms with Crippen LogP contribution in [0.15, 0.2) is 22.7 Å². The highest BCUT2D eigenvalue weighted by Crippen LogP contribution is 2.37. The number of nitrogens with one attached hydrogen (secondary N) is 1. The Morgan fingerprint density at radius 2 is 2.29 bits per heavy atom.